The molecule has 0 saturated carbocycles. The summed E-state index contributed by atoms with van der Waals surface area (Å²) in [4.78, 5) is 16.5. The SMILES string of the molecule is CC[C@@H](NC(=O)Nc1ccc(C)c(-c2ncco2)c1)[C@H]1CCCO1. The topological polar surface area (TPSA) is 76.4 Å². The third-order valence-corrected chi connectivity index (χ3v) is 4.33. The van der Waals surface area contributed by atoms with Crippen LogP contribution < -0.4 is 10.6 Å². The maximum absolute atomic E-state index is 12.3. The lowest BCUT2D eigenvalue weighted by molar-refractivity contribution is 0.0804. The molecule has 0 bridgehead atoms. The first-order chi connectivity index (χ1) is 11.7. The number of rotatable bonds is 5. The van der Waals surface area contributed by atoms with Crippen LogP contribution in [0.15, 0.2) is 35.1 Å². The van der Waals surface area contributed by atoms with Gasteiger partial charge in [-0.25, -0.2) is 9.78 Å². The van der Waals surface area contributed by atoms with Crippen molar-refractivity contribution in [1.82, 2.24) is 10.3 Å². The predicted octanol–water partition coefficient (Wildman–Crippen LogP) is 3.73. The molecular formula is C18H23N3O3. The van der Waals surface area contributed by atoms with Crippen LogP contribution in [0.1, 0.15) is 31.7 Å². The van der Waals surface area contributed by atoms with Gasteiger partial charge in [-0.2, -0.15) is 0 Å². The number of hydrogen-bond donors (Lipinski definition) is 2. The van der Waals surface area contributed by atoms with Crippen LogP contribution in [0.25, 0.3) is 11.5 Å². The molecule has 2 atom stereocenters. The van der Waals surface area contributed by atoms with E-state index in [-0.39, 0.29) is 18.2 Å². The number of benzene rings is 1. The summed E-state index contributed by atoms with van der Waals surface area (Å²) >= 11 is 0. The molecule has 0 spiro atoms. The normalized spacial score (nSPS) is 18.3. The summed E-state index contributed by atoms with van der Waals surface area (Å²) < 4.78 is 11.0. The molecule has 1 aliphatic rings. The number of ether oxygens (including phenoxy) is 1. The molecule has 0 radical (unpaired) electrons. The van der Waals surface area contributed by atoms with Crippen LogP contribution in [-0.4, -0.2) is 29.8 Å². The number of nitrogens with zero attached hydrogens (tertiary/aromatic N) is 1. The zero-order chi connectivity index (χ0) is 16.9. The Labute approximate surface area is 141 Å². The van der Waals surface area contributed by atoms with Gasteiger partial charge in [-0.15, -0.1) is 0 Å². The van der Waals surface area contributed by atoms with E-state index in [1.807, 2.05) is 25.1 Å². The second-order valence-corrected chi connectivity index (χ2v) is 6.03. The number of carbonyl (C=O) groups excluding carboxylic acids is 1. The number of hydrogen-bond acceptors (Lipinski definition) is 4. The van der Waals surface area contributed by atoms with Crippen LogP contribution >= 0.6 is 0 Å². The summed E-state index contributed by atoms with van der Waals surface area (Å²) in [7, 11) is 0. The van der Waals surface area contributed by atoms with E-state index in [1.54, 1.807) is 6.20 Å². The van der Waals surface area contributed by atoms with Crippen molar-refractivity contribution < 1.29 is 13.9 Å². The van der Waals surface area contributed by atoms with Gasteiger partial charge in [-0.05, 0) is 43.9 Å². The Morgan fingerprint density at radius 2 is 2.33 bits per heavy atom. The van der Waals surface area contributed by atoms with Gasteiger partial charge in [0.1, 0.15) is 6.26 Å². The molecule has 128 valence electrons. The molecule has 2 heterocycles. The van der Waals surface area contributed by atoms with Crippen molar-refractivity contribution in [2.45, 2.75) is 45.3 Å². The molecule has 1 saturated heterocycles. The van der Waals surface area contributed by atoms with Gasteiger partial charge in [0.25, 0.3) is 0 Å². The first kappa shape index (κ1) is 16.5. The van der Waals surface area contributed by atoms with E-state index in [9.17, 15) is 4.79 Å². The Hall–Kier alpha value is -2.34. The molecule has 24 heavy (non-hydrogen) atoms. The summed E-state index contributed by atoms with van der Waals surface area (Å²) in [5.74, 6) is 0.544. The van der Waals surface area contributed by atoms with E-state index < -0.39 is 0 Å². The summed E-state index contributed by atoms with van der Waals surface area (Å²) in [6.07, 6.45) is 6.15. The van der Waals surface area contributed by atoms with Gasteiger partial charge in [-0.3, -0.25) is 0 Å². The van der Waals surface area contributed by atoms with Crippen molar-refractivity contribution in [2.24, 2.45) is 0 Å². The first-order valence-corrected chi connectivity index (χ1v) is 8.37. The fourth-order valence-electron chi connectivity index (χ4n) is 3.00. The molecule has 6 heteroatoms. The summed E-state index contributed by atoms with van der Waals surface area (Å²) in [6, 6.07) is 5.48. The third kappa shape index (κ3) is 3.76. The van der Waals surface area contributed by atoms with Crippen LogP contribution in [0.2, 0.25) is 0 Å². The van der Waals surface area contributed by atoms with E-state index in [0.717, 1.165) is 37.0 Å². The average Bonchev–Trinajstić information content (AvgIpc) is 3.28. The largest absolute Gasteiger partial charge is 0.445 e. The molecular weight excluding hydrogens is 306 g/mol. The minimum absolute atomic E-state index is 0.0316. The van der Waals surface area contributed by atoms with Gasteiger partial charge in [0.2, 0.25) is 5.89 Å². The highest BCUT2D eigenvalue weighted by molar-refractivity contribution is 5.90. The number of oxazole rings is 1. The van der Waals surface area contributed by atoms with Crippen LogP contribution in [0.5, 0.6) is 0 Å². The molecule has 3 rings (SSSR count). The fourth-order valence-corrected chi connectivity index (χ4v) is 3.00. The Bertz CT molecular complexity index is 679. The molecule has 2 aromatic rings. The van der Waals surface area contributed by atoms with E-state index >= 15 is 0 Å². The zero-order valence-electron chi connectivity index (χ0n) is 14.0. The smallest absolute Gasteiger partial charge is 0.319 e. The molecule has 1 fully saturated rings. The standard InChI is InChI=1S/C18H23N3O3/c1-3-15(16-5-4-9-23-16)21-18(22)20-13-7-6-12(2)14(11-13)17-19-8-10-24-17/h6-8,10-11,15-16H,3-5,9H2,1-2H3,(H2,20,21,22)/t15-,16-/m1/s1. The summed E-state index contributed by atoms with van der Waals surface area (Å²) in [5, 5.41) is 5.90. The van der Waals surface area contributed by atoms with E-state index in [2.05, 4.69) is 22.5 Å². The molecule has 1 aliphatic heterocycles. The number of urea groups is 1. The number of anilines is 1. The van der Waals surface area contributed by atoms with E-state index in [1.165, 1.54) is 6.26 Å². The van der Waals surface area contributed by atoms with Crippen LogP contribution in [0.4, 0.5) is 10.5 Å². The summed E-state index contributed by atoms with van der Waals surface area (Å²) in [6.45, 7) is 4.81. The van der Waals surface area contributed by atoms with Crippen LogP contribution in [-0.2, 0) is 4.74 Å². The molecule has 1 aromatic carbocycles. The molecule has 2 amide bonds. The summed E-state index contributed by atoms with van der Waals surface area (Å²) in [5.41, 5.74) is 2.60. The Kier molecular flexibility index (Phi) is 5.15. The van der Waals surface area contributed by atoms with Gasteiger partial charge < -0.3 is 19.8 Å². The third-order valence-electron chi connectivity index (χ3n) is 4.33. The van der Waals surface area contributed by atoms with Gasteiger partial charge in [0.05, 0.1) is 18.3 Å². The minimum Gasteiger partial charge on any atom is -0.445 e. The highest BCUT2D eigenvalue weighted by Crippen LogP contribution is 2.25. The number of carbonyl (C=O) groups is 1. The first-order valence-electron chi connectivity index (χ1n) is 8.37. The van der Waals surface area contributed by atoms with Gasteiger partial charge >= 0.3 is 6.03 Å². The monoisotopic (exact) mass is 329 g/mol. The van der Waals surface area contributed by atoms with Crippen molar-refractivity contribution in [3.63, 3.8) is 0 Å². The van der Waals surface area contributed by atoms with Crippen LogP contribution in [0.3, 0.4) is 0 Å². The second-order valence-electron chi connectivity index (χ2n) is 6.03. The van der Waals surface area contributed by atoms with Gasteiger partial charge in [0, 0.05) is 17.9 Å². The number of amides is 2. The Morgan fingerprint density at radius 3 is 3.00 bits per heavy atom. The molecule has 6 nitrogen and oxygen atoms in total. The highest BCUT2D eigenvalue weighted by atomic mass is 16.5. The predicted molar refractivity (Wildman–Crippen MR) is 91.9 cm³/mol. The van der Waals surface area contributed by atoms with E-state index in [0.29, 0.717) is 11.6 Å². The van der Waals surface area contributed by atoms with Crippen molar-refractivity contribution in [2.75, 3.05) is 11.9 Å². The van der Waals surface area contributed by atoms with Gasteiger partial charge in [-0.1, -0.05) is 13.0 Å². The quantitative estimate of drug-likeness (QED) is 0.876. The van der Waals surface area contributed by atoms with Crippen LogP contribution in [0, 0.1) is 6.92 Å². The zero-order valence-corrected chi connectivity index (χ0v) is 14.0. The van der Waals surface area contributed by atoms with Crippen molar-refractivity contribution >= 4 is 11.7 Å². The number of aromatic nitrogens is 1. The fraction of sp³-hybridized carbons (Fsp3) is 0.444. The number of aryl methyl sites for hydroxylation is 1. The lowest BCUT2D eigenvalue weighted by Gasteiger charge is -2.23. The van der Waals surface area contributed by atoms with E-state index in [4.69, 9.17) is 9.15 Å². The Balaban J connectivity index is 1.67. The molecule has 1 aromatic heterocycles. The lowest BCUT2D eigenvalue weighted by Crippen LogP contribution is -2.44. The second kappa shape index (κ2) is 7.49. The highest BCUT2D eigenvalue weighted by Gasteiger charge is 2.25. The lowest BCUT2D eigenvalue weighted by atomic mass is 10.1. The number of nitrogens with one attached hydrogen (secondary N) is 2. The molecule has 0 aliphatic carbocycles. The van der Waals surface area contributed by atoms with Crippen molar-refractivity contribution in [3.8, 4) is 11.5 Å². The maximum Gasteiger partial charge on any atom is 0.319 e. The Morgan fingerprint density at radius 1 is 1.46 bits per heavy atom. The molecule has 2 N–H and O–H groups in total. The maximum atomic E-state index is 12.3. The van der Waals surface area contributed by atoms with Crippen molar-refractivity contribution in [3.05, 3.63) is 36.2 Å². The van der Waals surface area contributed by atoms with Crippen molar-refractivity contribution in [1.29, 1.82) is 0 Å². The average molecular weight is 329 g/mol. The van der Waals surface area contributed by atoms with Gasteiger partial charge in [0.15, 0.2) is 0 Å². The molecule has 0 unspecified atom stereocenters. The minimum atomic E-state index is -0.223.